The second kappa shape index (κ2) is 4.33. The van der Waals surface area contributed by atoms with Crippen LogP contribution in [0.15, 0.2) is 31.4 Å². The van der Waals surface area contributed by atoms with E-state index in [1.807, 2.05) is 10.8 Å². The minimum atomic E-state index is -0.383. The molecule has 0 aliphatic carbocycles. The number of rotatable bonds is 4. The van der Waals surface area contributed by atoms with E-state index in [9.17, 15) is 4.79 Å². The minimum absolute atomic E-state index is 0.368. The molecule has 0 unspecified atom stereocenters. The first-order chi connectivity index (χ1) is 5.83. The van der Waals surface area contributed by atoms with Crippen molar-refractivity contribution < 1.29 is 14.1 Å². The van der Waals surface area contributed by atoms with E-state index in [0.29, 0.717) is 13.2 Å². The summed E-state index contributed by atoms with van der Waals surface area (Å²) in [5, 5.41) is 0. The molecule has 64 valence electrons. The Hall–Kier alpha value is -1.58. The van der Waals surface area contributed by atoms with Gasteiger partial charge in [0.15, 0.2) is 0 Å². The number of hydrogen-bond donors (Lipinski definition) is 1. The molecule has 0 radical (unpaired) electrons. The Labute approximate surface area is 70.5 Å². The lowest BCUT2D eigenvalue weighted by Crippen LogP contribution is -2.33. The second-order valence-corrected chi connectivity index (χ2v) is 2.22. The van der Waals surface area contributed by atoms with Crippen molar-refractivity contribution in [1.82, 2.24) is 4.98 Å². The van der Waals surface area contributed by atoms with E-state index in [2.05, 4.69) is 11.6 Å². The van der Waals surface area contributed by atoms with Crippen LogP contribution in [-0.2, 0) is 16.1 Å². The maximum absolute atomic E-state index is 10.6. The number of ether oxygens (including phenoxy) is 1. The van der Waals surface area contributed by atoms with Crippen LogP contribution in [0.1, 0.15) is 0 Å². The smallest absolute Gasteiger partial charge is 0.330 e. The zero-order valence-electron chi connectivity index (χ0n) is 6.69. The molecular weight excluding hydrogens is 156 g/mol. The number of nitrogens with zero attached hydrogens (tertiary/aromatic N) is 1. The highest BCUT2D eigenvalue weighted by atomic mass is 16.5. The molecule has 1 aromatic heterocycles. The third-order valence-corrected chi connectivity index (χ3v) is 1.36. The van der Waals surface area contributed by atoms with Crippen LogP contribution in [0.5, 0.6) is 0 Å². The third kappa shape index (κ3) is 2.57. The Morgan fingerprint density at radius 1 is 1.75 bits per heavy atom. The van der Waals surface area contributed by atoms with E-state index >= 15 is 0 Å². The third-order valence-electron chi connectivity index (χ3n) is 1.36. The number of carbonyl (C=O) groups is 1. The second-order valence-electron chi connectivity index (χ2n) is 2.22. The van der Waals surface area contributed by atoms with Gasteiger partial charge < -0.3 is 4.74 Å². The quantitative estimate of drug-likeness (QED) is 0.390. The van der Waals surface area contributed by atoms with E-state index in [1.54, 1.807) is 12.5 Å². The topological polar surface area (TPSA) is 46.0 Å². The molecule has 0 saturated heterocycles. The molecule has 0 bridgehead atoms. The van der Waals surface area contributed by atoms with Crippen molar-refractivity contribution in [2.24, 2.45) is 0 Å². The van der Waals surface area contributed by atoms with E-state index in [4.69, 9.17) is 4.74 Å². The number of hydrogen-bond acceptors (Lipinski definition) is 2. The number of carbonyl (C=O) groups excluding carboxylic acids is 1. The fourth-order valence-corrected chi connectivity index (χ4v) is 0.770. The van der Waals surface area contributed by atoms with Gasteiger partial charge in [0, 0.05) is 6.08 Å². The Kier molecular flexibility index (Phi) is 3.07. The van der Waals surface area contributed by atoms with Gasteiger partial charge in [0.25, 0.3) is 0 Å². The zero-order chi connectivity index (χ0) is 8.81. The van der Waals surface area contributed by atoms with Crippen LogP contribution in [0, 0.1) is 0 Å². The summed E-state index contributed by atoms with van der Waals surface area (Å²) in [7, 11) is 0. The number of aromatic nitrogens is 2. The number of esters is 1. The summed E-state index contributed by atoms with van der Waals surface area (Å²) in [5.74, 6) is -0.383. The van der Waals surface area contributed by atoms with Crippen LogP contribution in [0.2, 0.25) is 0 Å². The van der Waals surface area contributed by atoms with Crippen LogP contribution >= 0.6 is 0 Å². The molecule has 4 nitrogen and oxygen atoms in total. The van der Waals surface area contributed by atoms with Gasteiger partial charge >= 0.3 is 5.97 Å². The highest BCUT2D eigenvalue weighted by molar-refractivity contribution is 5.81. The van der Waals surface area contributed by atoms with Gasteiger partial charge in [-0.25, -0.2) is 9.36 Å². The van der Waals surface area contributed by atoms with E-state index < -0.39 is 0 Å². The van der Waals surface area contributed by atoms with Gasteiger partial charge in [0.05, 0.1) is 0 Å². The highest BCUT2D eigenvalue weighted by Gasteiger charge is 1.98. The molecule has 0 amide bonds. The predicted molar refractivity (Wildman–Crippen MR) is 42.1 cm³/mol. The van der Waals surface area contributed by atoms with Crippen molar-refractivity contribution in [2.45, 2.75) is 6.54 Å². The lowest BCUT2D eigenvalue weighted by atomic mass is 10.6. The molecule has 0 spiro atoms. The summed E-state index contributed by atoms with van der Waals surface area (Å²) in [6, 6.07) is 0. The fraction of sp³-hybridized carbons (Fsp3) is 0.250. The Bertz CT molecular complexity index is 254. The average molecular weight is 167 g/mol. The van der Waals surface area contributed by atoms with Crippen LogP contribution in [0.3, 0.4) is 0 Å². The fourth-order valence-electron chi connectivity index (χ4n) is 0.770. The Morgan fingerprint density at radius 3 is 3.17 bits per heavy atom. The first-order valence-corrected chi connectivity index (χ1v) is 3.64. The van der Waals surface area contributed by atoms with E-state index in [0.717, 1.165) is 6.08 Å². The molecule has 0 atom stereocenters. The highest BCUT2D eigenvalue weighted by Crippen LogP contribution is 1.79. The standard InChI is InChI=1S/C8H10N2O2/c1-2-8(11)12-6-5-10-4-3-9-7-10/h2-4,7H,1,5-6H2/p+1. The number of imidazole rings is 1. The Morgan fingerprint density at radius 2 is 2.58 bits per heavy atom. The van der Waals surface area contributed by atoms with Gasteiger partial charge in [0.1, 0.15) is 25.5 Å². The summed E-state index contributed by atoms with van der Waals surface area (Å²) in [4.78, 5) is 13.5. The molecule has 0 aliphatic rings. The number of nitrogens with one attached hydrogen (secondary N) is 1. The first-order valence-electron chi connectivity index (χ1n) is 3.64. The summed E-state index contributed by atoms with van der Waals surface area (Å²) < 4.78 is 6.66. The zero-order valence-corrected chi connectivity index (χ0v) is 6.69. The maximum atomic E-state index is 10.6. The van der Waals surface area contributed by atoms with Gasteiger partial charge in [0.2, 0.25) is 6.33 Å². The first kappa shape index (κ1) is 8.52. The molecular formula is C8H11N2O2+. The SMILES string of the molecule is C=CC(=O)OCC[n+]1cc[nH]c1. The molecule has 1 rings (SSSR count). The molecule has 0 aliphatic heterocycles. The van der Waals surface area contributed by atoms with Crippen LogP contribution in [0.4, 0.5) is 0 Å². The van der Waals surface area contributed by atoms with Crippen molar-refractivity contribution in [3.63, 3.8) is 0 Å². The normalized spacial score (nSPS) is 9.33. The van der Waals surface area contributed by atoms with Gasteiger partial charge in [-0.3, -0.25) is 4.98 Å². The lowest BCUT2D eigenvalue weighted by molar-refractivity contribution is -0.696. The van der Waals surface area contributed by atoms with Crippen LogP contribution in [-0.4, -0.2) is 17.6 Å². The largest absolute Gasteiger partial charge is 0.458 e. The van der Waals surface area contributed by atoms with Gasteiger partial charge in [-0.2, -0.15) is 0 Å². The molecule has 0 fully saturated rings. The van der Waals surface area contributed by atoms with Crippen molar-refractivity contribution >= 4 is 5.97 Å². The van der Waals surface area contributed by atoms with E-state index in [-0.39, 0.29) is 5.97 Å². The van der Waals surface area contributed by atoms with Crippen molar-refractivity contribution in [2.75, 3.05) is 6.61 Å². The average Bonchev–Trinajstić information content (AvgIpc) is 2.57. The summed E-state index contributed by atoms with van der Waals surface area (Å²) >= 11 is 0. The molecule has 0 saturated carbocycles. The minimum Gasteiger partial charge on any atom is -0.458 e. The molecule has 1 aromatic rings. The van der Waals surface area contributed by atoms with Crippen molar-refractivity contribution in [1.29, 1.82) is 0 Å². The van der Waals surface area contributed by atoms with Crippen LogP contribution < -0.4 is 4.57 Å². The van der Waals surface area contributed by atoms with Crippen molar-refractivity contribution in [3.05, 3.63) is 31.4 Å². The Balaban J connectivity index is 2.19. The lowest BCUT2D eigenvalue weighted by Gasteiger charge is -1.97. The molecule has 1 N–H and O–H groups in total. The predicted octanol–water partition coefficient (Wildman–Crippen LogP) is 0.0314. The summed E-state index contributed by atoms with van der Waals surface area (Å²) in [5.41, 5.74) is 0. The van der Waals surface area contributed by atoms with Crippen molar-refractivity contribution in [3.8, 4) is 0 Å². The van der Waals surface area contributed by atoms with Gasteiger partial charge in [-0.05, 0) is 0 Å². The number of H-pyrrole nitrogens is 1. The monoisotopic (exact) mass is 167 g/mol. The molecule has 0 aromatic carbocycles. The van der Waals surface area contributed by atoms with E-state index in [1.165, 1.54) is 0 Å². The molecule has 4 heteroatoms. The van der Waals surface area contributed by atoms with Crippen LogP contribution in [0.25, 0.3) is 0 Å². The van der Waals surface area contributed by atoms with Gasteiger partial charge in [-0.1, -0.05) is 6.58 Å². The summed E-state index contributed by atoms with van der Waals surface area (Å²) in [6.45, 7) is 4.31. The maximum Gasteiger partial charge on any atom is 0.330 e. The number of aromatic amines is 1. The summed E-state index contributed by atoms with van der Waals surface area (Å²) in [6.07, 6.45) is 6.61. The van der Waals surface area contributed by atoms with Gasteiger partial charge in [-0.15, -0.1) is 0 Å². The molecule has 12 heavy (non-hydrogen) atoms. The molecule has 1 heterocycles.